The molecule has 0 saturated carbocycles. The largest absolute Gasteiger partial charge is 0.493 e. The molecule has 0 atom stereocenters. The lowest BCUT2D eigenvalue weighted by Crippen LogP contribution is -2.18. The van der Waals surface area contributed by atoms with E-state index in [2.05, 4.69) is 26.5 Å². The van der Waals surface area contributed by atoms with Crippen LogP contribution in [0.5, 0.6) is 11.5 Å². The fraction of sp³-hybridized carbons (Fsp3) is 0.130. The molecule has 1 N–H and O–H groups in total. The van der Waals surface area contributed by atoms with Gasteiger partial charge in [-0.1, -0.05) is 47.5 Å². The Kier molecular flexibility index (Phi) is 7.96. The summed E-state index contributed by atoms with van der Waals surface area (Å²) in [5, 5.41) is 5.03. The third-order valence-corrected chi connectivity index (χ3v) is 5.73. The van der Waals surface area contributed by atoms with Crippen LogP contribution in [0.4, 0.5) is 0 Å². The van der Waals surface area contributed by atoms with Gasteiger partial charge < -0.3 is 9.47 Å². The fourth-order valence-electron chi connectivity index (χ4n) is 2.72. The molecule has 0 unspecified atom stereocenters. The maximum Gasteiger partial charge on any atom is 0.272 e. The molecule has 0 aromatic heterocycles. The van der Waals surface area contributed by atoms with Gasteiger partial charge in [0.25, 0.3) is 5.91 Å². The summed E-state index contributed by atoms with van der Waals surface area (Å²) in [6.07, 6.45) is 1.50. The van der Waals surface area contributed by atoms with Gasteiger partial charge in [0.2, 0.25) is 0 Å². The second-order valence-corrected chi connectivity index (χ2v) is 8.26. The molecule has 0 fully saturated rings. The van der Waals surface area contributed by atoms with Crippen LogP contribution in [0.25, 0.3) is 0 Å². The number of hydrogen-bond acceptors (Lipinski definition) is 4. The zero-order chi connectivity index (χ0) is 22.4. The Hall–Kier alpha value is -2.54. The molecule has 0 aliphatic carbocycles. The first-order valence-electron chi connectivity index (χ1n) is 9.22. The summed E-state index contributed by atoms with van der Waals surface area (Å²) in [4.78, 5) is 12.3. The van der Waals surface area contributed by atoms with Crippen molar-refractivity contribution < 1.29 is 14.3 Å². The van der Waals surface area contributed by atoms with Crippen molar-refractivity contribution in [2.45, 2.75) is 13.5 Å². The Morgan fingerprint density at radius 1 is 1.10 bits per heavy atom. The van der Waals surface area contributed by atoms with Crippen LogP contribution in [0.15, 0.2) is 64.2 Å². The van der Waals surface area contributed by atoms with Crippen molar-refractivity contribution in [3.63, 3.8) is 0 Å². The summed E-state index contributed by atoms with van der Waals surface area (Å²) in [6, 6.07) is 16.2. The van der Waals surface area contributed by atoms with Crippen LogP contribution in [0.1, 0.15) is 27.0 Å². The van der Waals surface area contributed by atoms with Crippen molar-refractivity contribution in [2.24, 2.45) is 5.10 Å². The first kappa shape index (κ1) is 23.1. The minimum Gasteiger partial charge on any atom is -0.493 e. The van der Waals surface area contributed by atoms with Crippen LogP contribution >= 0.6 is 39.1 Å². The predicted molar refractivity (Wildman–Crippen MR) is 128 cm³/mol. The second-order valence-electron chi connectivity index (χ2n) is 6.59. The molecule has 1 amide bonds. The molecule has 31 heavy (non-hydrogen) atoms. The standard InChI is InChI=1S/C23H19BrCl2N2O3/c1-14-7-8-17(20(26)9-14)23(29)28-27-12-16-10-21(30-2)22(11-18(16)24)31-13-15-5-3-4-6-19(15)25/h3-12H,13H2,1-2H3,(H,28,29)/b27-12-. The summed E-state index contributed by atoms with van der Waals surface area (Å²) in [6.45, 7) is 2.20. The van der Waals surface area contributed by atoms with E-state index in [-0.39, 0.29) is 0 Å². The SMILES string of the molecule is COc1cc(/C=N\NC(=O)c2ccc(C)cc2Cl)c(Br)cc1OCc1ccccc1Cl. The Morgan fingerprint density at radius 2 is 1.87 bits per heavy atom. The van der Waals surface area contributed by atoms with E-state index in [0.29, 0.717) is 43.8 Å². The van der Waals surface area contributed by atoms with Gasteiger partial charge >= 0.3 is 0 Å². The summed E-state index contributed by atoms with van der Waals surface area (Å²) < 4.78 is 12.0. The Morgan fingerprint density at radius 3 is 2.58 bits per heavy atom. The Labute approximate surface area is 199 Å². The lowest BCUT2D eigenvalue weighted by atomic mass is 10.1. The number of aryl methyl sites for hydroxylation is 1. The van der Waals surface area contributed by atoms with E-state index in [0.717, 1.165) is 11.1 Å². The topological polar surface area (TPSA) is 59.9 Å². The van der Waals surface area contributed by atoms with Crippen molar-refractivity contribution in [1.82, 2.24) is 5.43 Å². The minimum absolute atomic E-state index is 0.295. The first-order chi connectivity index (χ1) is 14.9. The van der Waals surface area contributed by atoms with E-state index in [1.165, 1.54) is 6.21 Å². The first-order valence-corrected chi connectivity index (χ1v) is 10.8. The zero-order valence-corrected chi connectivity index (χ0v) is 19.9. The van der Waals surface area contributed by atoms with Crippen molar-refractivity contribution in [3.8, 4) is 11.5 Å². The number of hydrogen-bond donors (Lipinski definition) is 1. The summed E-state index contributed by atoms with van der Waals surface area (Å²) in [5.41, 5.74) is 5.36. The van der Waals surface area contributed by atoms with Crippen LogP contribution < -0.4 is 14.9 Å². The number of benzene rings is 3. The maximum atomic E-state index is 12.3. The quantitative estimate of drug-likeness (QED) is 0.288. The number of hydrazone groups is 1. The van der Waals surface area contributed by atoms with Crippen molar-refractivity contribution >= 4 is 51.3 Å². The molecule has 0 heterocycles. The van der Waals surface area contributed by atoms with Gasteiger partial charge in [0.15, 0.2) is 11.5 Å². The Bertz CT molecular complexity index is 1140. The number of halogens is 3. The van der Waals surface area contributed by atoms with Crippen molar-refractivity contribution in [3.05, 3.63) is 91.4 Å². The van der Waals surface area contributed by atoms with E-state index in [1.54, 1.807) is 31.4 Å². The van der Waals surface area contributed by atoms with Crippen molar-refractivity contribution in [2.75, 3.05) is 7.11 Å². The number of rotatable bonds is 7. The third-order valence-electron chi connectivity index (χ3n) is 4.36. The number of carbonyl (C=O) groups is 1. The summed E-state index contributed by atoms with van der Waals surface area (Å²) >= 11 is 15.8. The molecule has 160 valence electrons. The van der Waals surface area contributed by atoms with E-state index >= 15 is 0 Å². The van der Waals surface area contributed by atoms with Crippen LogP contribution in [0, 0.1) is 6.92 Å². The summed E-state index contributed by atoms with van der Waals surface area (Å²) in [5.74, 6) is 0.663. The molecule has 8 heteroatoms. The van der Waals surface area contributed by atoms with Crippen molar-refractivity contribution in [1.29, 1.82) is 0 Å². The molecule has 0 aliphatic heterocycles. The van der Waals surface area contributed by atoms with Crippen LogP contribution in [0.2, 0.25) is 10.0 Å². The molecular formula is C23H19BrCl2N2O3. The number of carbonyl (C=O) groups excluding carboxylic acids is 1. The molecule has 5 nitrogen and oxygen atoms in total. The average molecular weight is 522 g/mol. The molecule has 3 aromatic carbocycles. The molecule has 0 bridgehead atoms. The second kappa shape index (κ2) is 10.7. The van der Waals surface area contributed by atoms with Crippen LogP contribution in [-0.2, 0) is 6.61 Å². The number of nitrogens with zero attached hydrogens (tertiary/aromatic N) is 1. The van der Waals surface area contributed by atoms with Gasteiger partial charge in [-0.15, -0.1) is 0 Å². The Balaban J connectivity index is 1.71. The van der Waals surface area contributed by atoms with Crippen LogP contribution in [0.3, 0.4) is 0 Å². The smallest absolute Gasteiger partial charge is 0.272 e. The van der Waals surface area contributed by atoms with E-state index in [4.69, 9.17) is 32.7 Å². The maximum absolute atomic E-state index is 12.3. The normalized spacial score (nSPS) is 10.9. The average Bonchev–Trinajstić information content (AvgIpc) is 2.74. The monoisotopic (exact) mass is 520 g/mol. The highest BCUT2D eigenvalue weighted by Crippen LogP contribution is 2.34. The van der Waals surface area contributed by atoms with Gasteiger partial charge in [0.05, 0.1) is 23.9 Å². The van der Waals surface area contributed by atoms with Gasteiger partial charge in [0.1, 0.15) is 6.61 Å². The van der Waals surface area contributed by atoms with Crippen LogP contribution in [-0.4, -0.2) is 19.2 Å². The highest BCUT2D eigenvalue weighted by molar-refractivity contribution is 9.10. The fourth-order valence-corrected chi connectivity index (χ4v) is 3.65. The lowest BCUT2D eigenvalue weighted by Gasteiger charge is -2.13. The molecule has 0 saturated heterocycles. The highest BCUT2D eigenvalue weighted by atomic mass is 79.9. The van der Waals surface area contributed by atoms with E-state index in [9.17, 15) is 4.79 Å². The number of amides is 1. The van der Waals surface area contributed by atoms with Gasteiger partial charge in [-0.2, -0.15) is 5.10 Å². The van der Waals surface area contributed by atoms with Gasteiger partial charge in [-0.3, -0.25) is 4.79 Å². The highest BCUT2D eigenvalue weighted by Gasteiger charge is 2.12. The molecule has 0 spiro atoms. The number of methoxy groups -OCH3 is 1. The molecule has 0 radical (unpaired) electrons. The molecule has 0 aliphatic rings. The minimum atomic E-state index is -0.399. The number of ether oxygens (including phenoxy) is 2. The summed E-state index contributed by atoms with van der Waals surface area (Å²) in [7, 11) is 1.55. The van der Waals surface area contributed by atoms with Gasteiger partial charge in [-0.25, -0.2) is 5.43 Å². The molecule has 3 rings (SSSR count). The lowest BCUT2D eigenvalue weighted by molar-refractivity contribution is 0.0955. The van der Waals surface area contributed by atoms with Gasteiger partial charge in [-0.05, 0) is 58.7 Å². The third kappa shape index (κ3) is 6.00. The molecule has 3 aromatic rings. The van der Waals surface area contributed by atoms with E-state index in [1.807, 2.05) is 37.3 Å². The predicted octanol–water partition coefficient (Wildman–Crippen LogP) is 6.42. The molecular weight excluding hydrogens is 503 g/mol. The zero-order valence-electron chi connectivity index (χ0n) is 16.8. The van der Waals surface area contributed by atoms with Gasteiger partial charge in [0, 0.05) is 20.6 Å². The van der Waals surface area contributed by atoms with E-state index < -0.39 is 5.91 Å². The number of nitrogens with one attached hydrogen (secondary N) is 1.